The SMILES string of the molecule is C=C(/C=C(\C=C/C)N1CCN(CCN2c3ccccc3NC3OC32)CC1)C(F)(F)F. The summed E-state index contributed by atoms with van der Waals surface area (Å²) in [6.07, 6.45) is 0.352. The lowest BCUT2D eigenvalue weighted by atomic mass is 10.2. The van der Waals surface area contributed by atoms with E-state index < -0.39 is 11.7 Å². The molecule has 30 heavy (non-hydrogen) atoms. The maximum atomic E-state index is 12.9. The van der Waals surface area contributed by atoms with Crippen LogP contribution < -0.4 is 10.2 Å². The number of ether oxygens (including phenoxy) is 1. The molecule has 0 bridgehead atoms. The number of fused-ring (bicyclic) bond motifs is 2. The summed E-state index contributed by atoms with van der Waals surface area (Å²) in [4.78, 5) is 6.64. The summed E-state index contributed by atoms with van der Waals surface area (Å²) in [5, 5.41) is 3.37. The third-order valence-electron chi connectivity index (χ3n) is 5.71. The zero-order valence-electron chi connectivity index (χ0n) is 17.0. The average molecular weight is 420 g/mol. The van der Waals surface area contributed by atoms with Gasteiger partial charge in [0.1, 0.15) is 0 Å². The van der Waals surface area contributed by atoms with Gasteiger partial charge < -0.3 is 19.9 Å². The maximum absolute atomic E-state index is 12.9. The van der Waals surface area contributed by atoms with Crippen LogP contribution in [-0.4, -0.2) is 67.7 Å². The number of halogens is 3. The Hall–Kier alpha value is -2.45. The van der Waals surface area contributed by atoms with Crippen molar-refractivity contribution in [2.24, 2.45) is 0 Å². The molecule has 5 nitrogen and oxygen atoms in total. The molecule has 2 atom stereocenters. The minimum atomic E-state index is -4.41. The summed E-state index contributed by atoms with van der Waals surface area (Å²) in [6, 6.07) is 8.19. The first kappa shape index (κ1) is 20.8. The monoisotopic (exact) mass is 420 g/mol. The minimum absolute atomic E-state index is 0.0620. The molecule has 3 aliphatic rings. The molecule has 1 aromatic carbocycles. The molecule has 3 heterocycles. The number of hydrogen-bond acceptors (Lipinski definition) is 5. The number of epoxide rings is 1. The number of anilines is 2. The molecule has 0 amide bonds. The van der Waals surface area contributed by atoms with Crippen LogP contribution in [0, 0.1) is 0 Å². The van der Waals surface area contributed by atoms with E-state index in [1.165, 1.54) is 0 Å². The highest BCUT2D eigenvalue weighted by Gasteiger charge is 2.48. The van der Waals surface area contributed by atoms with Gasteiger partial charge in [-0.25, -0.2) is 0 Å². The fourth-order valence-corrected chi connectivity index (χ4v) is 3.99. The maximum Gasteiger partial charge on any atom is 0.415 e. The Balaban J connectivity index is 1.33. The lowest BCUT2D eigenvalue weighted by Gasteiger charge is -2.38. The standard InChI is InChI=1S/C22H27F3N4O/c1-3-6-17(15-16(2)22(23,24)25)28-12-9-27(10-13-28)11-14-29-19-8-5-4-7-18(19)26-20-21(29)30-20/h3-8,15,20-21,26H,2,9-14H2,1H3/b6-3-,17-15+. The van der Waals surface area contributed by atoms with Crippen LogP contribution in [0.25, 0.3) is 0 Å². The molecule has 2 fully saturated rings. The van der Waals surface area contributed by atoms with Gasteiger partial charge in [0.15, 0.2) is 12.5 Å². The first-order valence-corrected chi connectivity index (χ1v) is 10.2. The summed E-state index contributed by atoms with van der Waals surface area (Å²) >= 11 is 0. The average Bonchev–Trinajstić information content (AvgIpc) is 3.49. The van der Waals surface area contributed by atoms with Gasteiger partial charge in [-0.1, -0.05) is 24.8 Å². The number of hydrogen-bond donors (Lipinski definition) is 1. The van der Waals surface area contributed by atoms with Gasteiger partial charge in [0, 0.05) is 45.0 Å². The van der Waals surface area contributed by atoms with Gasteiger partial charge in [0.25, 0.3) is 0 Å². The Labute approximate surface area is 175 Å². The fraction of sp³-hybridized carbons (Fsp3) is 0.455. The molecule has 0 aromatic heterocycles. The van der Waals surface area contributed by atoms with Crippen LogP contribution in [0.2, 0.25) is 0 Å². The minimum Gasteiger partial charge on any atom is -0.369 e. The third-order valence-corrected chi connectivity index (χ3v) is 5.71. The van der Waals surface area contributed by atoms with Crippen LogP contribution in [0.1, 0.15) is 6.92 Å². The van der Waals surface area contributed by atoms with Gasteiger partial charge >= 0.3 is 6.18 Å². The molecule has 162 valence electrons. The fourth-order valence-electron chi connectivity index (χ4n) is 3.99. The number of alkyl halides is 3. The molecule has 1 aromatic rings. The molecule has 0 saturated carbocycles. The zero-order valence-corrected chi connectivity index (χ0v) is 17.0. The summed E-state index contributed by atoms with van der Waals surface area (Å²) in [6.45, 7) is 9.68. The van der Waals surface area contributed by atoms with Crippen molar-refractivity contribution in [1.29, 1.82) is 0 Å². The van der Waals surface area contributed by atoms with Crippen molar-refractivity contribution in [1.82, 2.24) is 9.80 Å². The Morgan fingerprint density at radius 1 is 1.20 bits per heavy atom. The molecule has 0 spiro atoms. The molecule has 3 aliphatic heterocycles. The normalized spacial score (nSPS) is 24.5. The highest BCUT2D eigenvalue weighted by Crippen LogP contribution is 2.41. The molecule has 2 saturated heterocycles. The van der Waals surface area contributed by atoms with Crippen LogP contribution in [0.5, 0.6) is 0 Å². The van der Waals surface area contributed by atoms with Crippen molar-refractivity contribution < 1.29 is 17.9 Å². The number of rotatable bonds is 6. The van der Waals surface area contributed by atoms with Crippen molar-refractivity contribution in [2.45, 2.75) is 25.6 Å². The van der Waals surface area contributed by atoms with E-state index in [9.17, 15) is 13.2 Å². The summed E-state index contributed by atoms with van der Waals surface area (Å²) in [5.41, 5.74) is 1.98. The largest absolute Gasteiger partial charge is 0.415 e. The molecular formula is C22H27F3N4O. The number of benzene rings is 1. The summed E-state index contributed by atoms with van der Waals surface area (Å²) in [7, 11) is 0. The second-order valence-electron chi connectivity index (χ2n) is 7.72. The molecule has 8 heteroatoms. The van der Waals surface area contributed by atoms with Crippen LogP contribution >= 0.6 is 0 Å². The lowest BCUT2D eigenvalue weighted by molar-refractivity contribution is -0.0879. The van der Waals surface area contributed by atoms with E-state index >= 15 is 0 Å². The molecule has 1 N–H and O–H groups in total. The van der Waals surface area contributed by atoms with Crippen LogP contribution in [0.15, 0.2) is 60.3 Å². The highest BCUT2D eigenvalue weighted by molar-refractivity contribution is 5.74. The number of nitrogens with one attached hydrogen (secondary N) is 1. The second-order valence-corrected chi connectivity index (χ2v) is 7.72. The number of para-hydroxylation sites is 2. The topological polar surface area (TPSA) is 34.3 Å². The van der Waals surface area contributed by atoms with Crippen molar-refractivity contribution >= 4 is 11.4 Å². The highest BCUT2D eigenvalue weighted by atomic mass is 19.4. The molecule has 0 aliphatic carbocycles. The van der Waals surface area contributed by atoms with Crippen LogP contribution in [-0.2, 0) is 4.74 Å². The van der Waals surface area contributed by atoms with Crippen molar-refractivity contribution in [2.75, 3.05) is 49.5 Å². The van der Waals surface area contributed by atoms with E-state index in [2.05, 4.69) is 33.8 Å². The smallest absolute Gasteiger partial charge is 0.369 e. The van der Waals surface area contributed by atoms with Crippen LogP contribution in [0.4, 0.5) is 24.5 Å². The number of piperazine rings is 1. The third kappa shape index (κ3) is 4.49. The summed E-state index contributed by atoms with van der Waals surface area (Å²) < 4.78 is 44.4. The van der Waals surface area contributed by atoms with Gasteiger partial charge in [0.2, 0.25) is 0 Å². The predicted molar refractivity (Wildman–Crippen MR) is 112 cm³/mol. The van der Waals surface area contributed by atoms with Gasteiger partial charge in [-0.15, -0.1) is 0 Å². The Kier molecular flexibility index (Phi) is 5.79. The number of allylic oxidation sites excluding steroid dienone is 4. The van der Waals surface area contributed by atoms with Gasteiger partial charge in [-0.3, -0.25) is 4.90 Å². The van der Waals surface area contributed by atoms with Gasteiger partial charge in [0.05, 0.1) is 16.9 Å². The van der Waals surface area contributed by atoms with E-state index in [1.54, 1.807) is 19.1 Å². The first-order chi connectivity index (χ1) is 14.4. The second kappa shape index (κ2) is 8.35. The lowest BCUT2D eigenvalue weighted by Crippen LogP contribution is -2.48. The predicted octanol–water partition coefficient (Wildman–Crippen LogP) is 3.80. The van der Waals surface area contributed by atoms with E-state index in [4.69, 9.17) is 4.74 Å². The van der Waals surface area contributed by atoms with E-state index in [0.717, 1.165) is 43.6 Å². The summed E-state index contributed by atoms with van der Waals surface area (Å²) in [5.74, 6) is 0. The van der Waals surface area contributed by atoms with Crippen molar-refractivity contribution in [3.8, 4) is 0 Å². The first-order valence-electron chi connectivity index (χ1n) is 10.2. The van der Waals surface area contributed by atoms with Gasteiger partial charge in [-0.2, -0.15) is 13.2 Å². The molecule has 4 rings (SSSR count). The van der Waals surface area contributed by atoms with Crippen molar-refractivity contribution in [3.63, 3.8) is 0 Å². The Morgan fingerprint density at radius 2 is 1.93 bits per heavy atom. The Morgan fingerprint density at radius 3 is 2.63 bits per heavy atom. The number of nitrogens with zero attached hydrogens (tertiary/aromatic N) is 3. The van der Waals surface area contributed by atoms with Crippen molar-refractivity contribution in [3.05, 3.63) is 60.3 Å². The van der Waals surface area contributed by atoms with Crippen LogP contribution in [0.3, 0.4) is 0 Å². The quantitative estimate of drug-likeness (QED) is 0.560. The van der Waals surface area contributed by atoms with Gasteiger partial charge in [-0.05, 0) is 31.2 Å². The van der Waals surface area contributed by atoms with E-state index in [-0.39, 0.29) is 12.5 Å². The molecule has 0 radical (unpaired) electrons. The molecule has 2 unspecified atom stereocenters. The zero-order chi connectivity index (χ0) is 21.3. The Bertz CT molecular complexity index is 843. The van der Waals surface area contributed by atoms with E-state index in [0.29, 0.717) is 18.8 Å². The van der Waals surface area contributed by atoms with E-state index in [1.807, 2.05) is 17.0 Å². The molecular weight excluding hydrogens is 393 g/mol.